The molecule has 3 aliphatic rings. The fraction of sp³-hybridized carbons (Fsp3) is 0.0824. The summed E-state index contributed by atoms with van der Waals surface area (Å²) in [7, 11) is 0. The molecule has 4 atom stereocenters. The number of fused-ring (bicyclic) bond motifs is 6. The van der Waals surface area contributed by atoms with E-state index >= 15 is 8.78 Å². The van der Waals surface area contributed by atoms with Crippen molar-refractivity contribution >= 4 is 39.4 Å². The average molecular weight is 1190 g/mol. The lowest BCUT2D eigenvalue weighted by Gasteiger charge is -2.36. The predicted molar refractivity (Wildman–Crippen MR) is 370 cm³/mol. The van der Waals surface area contributed by atoms with Gasteiger partial charge >= 0.3 is 0 Å². The van der Waals surface area contributed by atoms with Crippen LogP contribution in [-0.2, 0) is 10.8 Å². The molecule has 0 saturated heterocycles. The SMILES string of the molecule is C=Cc1ccc(Oc2ccc(C3(c4ccc(F)cc4)/C=C/C(N(c4ccc5c(c4)C(c4ccc(F)cc4)(c4ccc(OC6=CCC(C=C)C=C6)cc4)c4ccccc4-5)c4ccccc4-c4cccc5c4oc4ccccc45)=C\C=C\C(C)/C=C\C=C/C3)cc2)cc1. The van der Waals surface area contributed by atoms with Crippen molar-refractivity contribution in [1.29, 1.82) is 0 Å². The van der Waals surface area contributed by atoms with Crippen LogP contribution in [0.3, 0.4) is 0 Å². The van der Waals surface area contributed by atoms with Gasteiger partial charge in [0.15, 0.2) is 0 Å². The van der Waals surface area contributed by atoms with E-state index in [0.717, 1.165) is 112 Å². The van der Waals surface area contributed by atoms with E-state index in [9.17, 15) is 0 Å². The number of hydrogen-bond donors (Lipinski definition) is 0. The van der Waals surface area contributed by atoms with Crippen LogP contribution in [0.2, 0.25) is 0 Å². The second kappa shape index (κ2) is 24.8. The van der Waals surface area contributed by atoms with Crippen LogP contribution in [0.25, 0.3) is 50.3 Å². The Bertz CT molecular complexity index is 4770. The number of benzene rings is 10. The van der Waals surface area contributed by atoms with Gasteiger partial charge in [0.25, 0.3) is 0 Å². The first-order valence-corrected chi connectivity index (χ1v) is 31.0. The van der Waals surface area contributed by atoms with E-state index in [1.165, 1.54) is 0 Å². The molecule has 91 heavy (non-hydrogen) atoms. The smallest absolute Gasteiger partial charge is 0.143 e. The summed E-state index contributed by atoms with van der Waals surface area (Å²) in [6, 6.07) is 76.8. The molecule has 0 saturated carbocycles. The van der Waals surface area contributed by atoms with E-state index in [1.807, 2.05) is 109 Å². The van der Waals surface area contributed by atoms with Crippen molar-refractivity contribution in [2.24, 2.45) is 11.8 Å². The van der Waals surface area contributed by atoms with Crippen LogP contribution in [0.4, 0.5) is 20.2 Å². The van der Waals surface area contributed by atoms with Gasteiger partial charge in [0, 0.05) is 38.7 Å². The molecule has 3 aliphatic carbocycles. The maximum atomic E-state index is 15.4. The lowest BCUT2D eigenvalue weighted by atomic mass is 9.67. The van der Waals surface area contributed by atoms with Gasteiger partial charge in [-0.2, -0.15) is 0 Å². The topological polar surface area (TPSA) is 34.8 Å². The van der Waals surface area contributed by atoms with Crippen LogP contribution < -0.4 is 14.4 Å². The number of furan rings is 1. The number of hydrogen-bond acceptors (Lipinski definition) is 4. The Kier molecular flexibility index (Phi) is 15.7. The minimum Gasteiger partial charge on any atom is -0.458 e. The van der Waals surface area contributed by atoms with Crippen molar-refractivity contribution in [3.63, 3.8) is 0 Å². The Labute approximate surface area is 530 Å². The summed E-state index contributed by atoms with van der Waals surface area (Å²) in [5.74, 6) is 2.57. The summed E-state index contributed by atoms with van der Waals surface area (Å²) in [4.78, 5) is 2.36. The zero-order valence-electron chi connectivity index (χ0n) is 50.4. The van der Waals surface area contributed by atoms with Gasteiger partial charge < -0.3 is 18.8 Å². The number of ether oxygens (including phenoxy) is 2. The van der Waals surface area contributed by atoms with E-state index in [4.69, 9.17) is 13.9 Å². The molecule has 442 valence electrons. The second-order valence-corrected chi connectivity index (χ2v) is 23.5. The minimum absolute atomic E-state index is 0.0766. The van der Waals surface area contributed by atoms with Crippen molar-refractivity contribution in [1.82, 2.24) is 0 Å². The minimum atomic E-state index is -0.938. The number of halogens is 2. The van der Waals surface area contributed by atoms with Gasteiger partial charge in [0.2, 0.25) is 0 Å². The van der Waals surface area contributed by atoms with Gasteiger partial charge in [0.05, 0.1) is 11.1 Å². The molecule has 0 spiro atoms. The zero-order chi connectivity index (χ0) is 61.9. The molecule has 0 aliphatic heterocycles. The van der Waals surface area contributed by atoms with Crippen molar-refractivity contribution < 1.29 is 22.7 Å². The zero-order valence-corrected chi connectivity index (χ0v) is 50.4. The van der Waals surface area contributed by atoms with E-state index in [0.29, 0.717) is 23.7 Å². The highest BCUT2D eigenvalue weighted by Crippen LogP contribution is 2.58. The third-order valence-electron chi connectivity index (χ3n) is 18.0. The molecular weight excluding hydrogens is 1120 g/mol. The average Bonchev–Trinajstić information content (AvgIpc) is 1.56. The number of nitrogens with zero attached hydrogens (tertiary/aromatic N) is 1. The van der Waals surface area contributed by atoms with E-state index in [1.54, 1.807) is 24.3 Å². The fourth-order valence-corrected chi connectivity index (χ4v) is 13.4. The maximum Gasteiger partial charge on any atom is 0.143 e. The van der Waals surface area contributed by atoms with Crippen LogP contribution in [0, 0.1) is 23.5 Å². The van der Waals surface area contributed by atoms with Gasteiger partial charge in [-0.25, -0.2) is 8.78 Å². The van der Waals surface area contributed by atoms with Crippen LogP contribution in [0.15, 0.2) is 339 Å². The molecule has 1 heterocycles. The predicted octanol–water partition coefficient (Wildman–Crippen LogP) is 22.6. The number of rotatable bonds is 14. The van der Waals surface area contributed by atoms with Gasteiger partial charge in [-0.15, -0.1) is 6.58 Å². The molecule has 10 aromatic carbocycles. The van der Waals surface area contributed by atoms with Crippen LogP contribution >= 0.6 is 0 Å². The highest BCUT2D eigenvalue weighted by atomic mass is 19.1. The van der Waals surface area contributed by atoms with Crippen molar-refractivity contribution in [3.05, 3.63) is 385 Å². The molecular formula is C85H65F2NO3. The Hall–Kier alpha value is -11.1. The molecule has 14 rings (SSSR count). The van der Waals surface area contributed by atoms with Gasteiger partial charge in [0.1, 0.15) is 45.8 Å². The van der Waals surface area contributed by atoms with E-state index in [-0.39, 0.29) is 23.5 Å². The Morgan fingerprint density at radius 3 is 1.86 bits per heavy atom. The molecule has 6 heteroatoms. The fourth-order valence-electron chi connectivity index (χ4n) is 13.4. The molecule has 1 aromatic heterocycles. The van der Waals surface area contributed by atoms with E-state index < -0.39 is 10.8 Å². The van der Waals surface area contributed by atoms with E-state index in [2.05, 4.69) is 207 Å². The van der Waals surface area contributed by atoms with Crippen LogP contribution in [0.1, 0.15) is 58.7 Å². The van der Waals surface area contributed by atoms with Crippen molar-refractivity contribution in [2.45, 2.75) is 30.6 Å². The number of allylic oxidation sites excluding steroid dienone is 13. The highest BCUT2D eigenvalue weighted by molar-refractivity contribution is 6.10. The molecule has 0 fully saturated rings. The summed E-state index contributed by atoms with van der Waals surface area (Å²) in [6.45, 7) is 10.1. The summed E-state index contributed by atoms with van der Waals surface area (Å²) in [5.41, 5.74) is 13.3. The van der Waals surface area contributed by atoms with Gasteiger partial charge in [-0.05, 0) is 184 Å². The maximum absolute atomic E-state index is 15.4. The third-order valence-corrected chi connectivity index (χ3v) is 18.0. The quantitative estimate of drug-likeness (QED) is 0.102. The molecule has 0 N–H and O–H groups in total. The summed E-state index contributed by atoms with van der Waals surface area (Å²) < 4.78 is 50.5. The van der Waals surface area contributed by atoms with Crippen LogP contribution in [-0.4, -0.2) is 0 Å². The molecule has 0 radical (unpaired) electrons. The normalized spacial score (nSPS) is 20.5. The monoisotopic (exact) mass is 1190 g/mol. The van der Waals surface area contributed by atoms with Gasteiger partial charge in [-0.1, -0.05) is 220 Å². The first-order valence-electron chi connectivity index (χ1n) is 31.0. The van der Waals surface area contributed by atoms with Gasteiger partial charge in [-0.3, -0.25) is 0 Å². The lowest BCUT2D eigenvalue weighted by Crippen LogP contribution is -2.29. The van der Waals surface area contributed by atoms with Crippen molar-refractivity contribution in [2.75, 3.05) is 4.90 Å². The van der Waals surface area contributed by atoms with Crippen LogP contribution in [0.5, 0.6) is 17.2 Å². The highest BCUT2D eigenvalue weighted by Gasteiger charge is 2.47. The lowest BCUT2D eigenvalue weighted by molar-refractivity contribution is 0.436. The Morgan fingerprint density at radius 1 is 0.538 bits per heavy atom. The second-order valence-electron chi connectivity index (χ2n) is 23.5. The molecule has 4 unspecified atom stereocenters. The Morgan fingerprint density at radius 2 is 1.14 bits per heavy atom. The molecule has 11 aromatic rings. The molecule has 0 amide bonds. The first-order chi connectivity index (χ1) is 44.7. The summed E-state index contributed by atoms with van der Waals surface area (Å²) >= 11 is 0. The molecule has 0 bridgehead atoms. The number of anilines is 2. The largest absolute Gasteiger partial charge is 0.458 e. The first kappa shape index (κ1) is 57.7. The number of para-hydroxylation sites is 3. The Balaban J connectivity index is 1.00. The summed E-state index contributed by atoms with van der Waals surface area (Å²) in [5, 5.41) is 2.05. The molecule has 4 nitrogen and oxygen atoms in total. The third kappa shape index (κ3) is 11.0. The van der Waals surface area contributed by atoms with Crippen molar-refractivity contribution in [3.8, 4) is 39.5 Å². The summed E-state index contributed by atoms with van der Waals surface area (Å²) in [6.07, 6.45) is 31.0. The standard InChI is InChI=1S/C85H65F2NO3/c1-4-59-28-45-69(46-29-59)89-71-49-36-62(37-50-71)84(61-32-40-65(86)41-33-61)55-14-6-7-17-58(3)18-15-19-67(54-56-84)88(81-26-12-9-21-75(81)77-23-16-24-78-76-22-10-13-27-82(76)91-83(77)78)68-44-53-74-73-20-8-11-25-79(73)85(80(74)57-68,63-34-42-66(87)43-35-63)64-38-51-72(52-39-64)90-70-47-30-60(5-2)31-48-70/h4-30,32-54,56-58,60H,1-2,31,55H2,3H3/b14-6-,17-7-,18-15+,56-54+,67-19+.